The average Bonchev–Trinajstić information content (AvgIpc) is 3.53. The van der Waals surface area contributed by atoms with Crippen LogP contribution in [0.5, 0.6) is 0 Å². The van der Waals surface area contributed by atoms with Gasteiger partial charge < -0.3 is 28.7 Å². The van der Waals surface area contributed by atoms with Crippen molar-refractivity contribution >= 4 is 34.1 Å². The summed E-state index contributed by atoms with van der Waals surface area (Å²) in [6.45, 7) is 3.16. The molecule has 10 nitrogen and oxygen atoms in total. The van der Waals surface area contributed by atoms with Gasteiger partial charge in [0.15, 0.2) is 0 Å². The summed E-state index contributed by atoms with van der Waals surface area (Å²) in [5.74, 6) is -4.00. The fourth-order valence-electron chi connectivity index (χ4n) is 5.89. The Labute approximate surface area is 256 Å². The van der Waals surface area contributed by atoms with Crippen molar-refractivity contribution in [2.45, 2.75) is 25.4 Å². The second-order valence-corrected chi connectivity index (χ2v) is 11.0. The molecule has 5 aromatic rings. The smallest absolute Gasteiger partial charge is 0.328 e. The van der Waals surface area contributed by atoms with E-state index in [0.717, 1.165) is 30.1 Å². The van der Waals surface area contributed by atoms with Crippen molar-refractivity contribution in [3.05, 3.63) is 100 Å². The first-order valence-corrected chi connectivity index (χ1v) is 14.4. The molecule has 2 atom stereocenters. The number of ether oxygens (including phenoxy) is 2. The zero-order valence-electron chi connectivity index (χ0n) is 24.9. The maximum Gasteiger partial charge on any atom is 0.328 e. The maximum absolute atomic E-state index is 15.2. The first-order chi connectivity index (χ1) is 21.7. The molecule has 12 heteroatoms. The van der Waals surface area contributed by atoms with E-state index < -0.39 is 35.1 Å². The van der Waals surface area contributed by atoms with Gasteiger partial charge in [0.1, 0.15) is 28.9 Å². The number of para-hydroxylation sites is 1. The molecule has 1 fully saturated rings. The van der Waals surface area contributed by atoms with Crippen LogP contribution in [-0.4, -0.2) is 64.8 Å². The van der Waals surface area contributed by atoms with Gasteiger partial charge in [-0.1, -0.05) is 18.2 Å². The highest BCUT2D eigenvalue weighted by molar-refractivity contribution is 5.97. The molecular formula is C33H31F2N5O5. The highest BCUT2D eigenvalue weighted by Gasteiger charge is 2.29. The number of carbonyl (C=O) groups excluding carboxylic acids is 2. The highest BCUT2D eigenvalue weighted by Crippen LogP contribution is 2.27. The van der Waals surface area contributed by atoms with Crippen LogP contribution in [0, 0.1) is 11.6 Å². The van der Waals surface area contributed by atoms with Gasteiger partial charge in [-0.3, -0.25) is 9.59 Å². The minimum absolute atomic E-state index is 0.0894. The standard InChI is InChI=1S/C33H31F2N5O5/c1-19-18-45-13-12-39(19)22-15-25(34)29(26(35)16-22)31(41)37-27(33(43)44-3)17-21-8-9-23(30-36-10-11-40(21)30)24-14-20-6-4-5-7-28(20)38(2)32(24)42/h4-11,14-16,19,27H,12-13,17-18H2,1-3H3,(H,37,41)/t19-,27+/m1/s1. The number of nitrogens with zero attached hydrogens (tertiary/aromatic N) is 4. The fourth-order valence-corrected chi connectivity index (χ4v) is 5.89. The number of morpholine rings is 1. The van der Waals surface area contributed by atoms with Gasteiger partial charge in [0.2, 0.25) is 0 Å². The summed E-state index contributed by atoms with van der Waals surface area (Å²) in [5.41, 5.74) is 2.10. The van der Waals surface area contributed by atoms with Crippen LogP contribution in [0.25, 0.3) is 27.7 Å². The number of anilines is 1. The molecule has 1 aliphatic rings. The third-order valence-electron chi connectivity index (χ3n) is 8.21. The van der Waals surface area contributed by atoms with Crippen molar-refractivity contribution in [2.24, 2.45) is 7.05 Å². The molecule has 1 amide bonds. The third-order valence-corrected chi connectivity index (χ3v) is 8.21. The molecule has 45 heavy (non-hydrogen) atoms. The van der Waals surface area contributed by atoms with Crippen molar-refractivity contribution in [2.75, 3.05) is 31.8 Å². The van der Waals surface area contributed by atoms with Crippen LogP contribution in [0.2, 0.25) is 0 Å². The van der Waals surface area contributed by atoms with E-state index in [9.17, 15) is 14.4 Å². The quantitative estimate of drug-likeness (QED) is 0.277. The molecule has 232 valence electrons. The molecule has 0 saturated carbocycles. The van der Waals surface area contributed by atoms with Gasteiger partial charge in [-0.15, -0.1) is 0 Å². The van der Waals surface area contributed by atoms with Crippen LogP contribution in [0.4, 0.5) is 14.5 Å². The average molecular weight is 616 g/mol. The lowest BCUT2D eigenvalue weighted by Gasteiger charge is -2.35. The highest BCUT2D eigenvalue weighted by atomic mass is 19.1. The second-order valence-electron chi connectivity index (χ2n) is 11.0. The number of nitrogens with one attached hydrogen (secondary N) is 1. The summed E-state index contributed by atoms with van der Waals surface area (Å²) in [4.78, 5) is 45.6. The third kappa shape index (κ3) is 5.53. The number of methoxy groups -OCH3 is 1. The Kier molecular flexibility index (Phi) is 8.07. The van der Waals surface area contributed by atoms with E-state index in [-0.39, 0.29) is 18.0 Å². The number of imidazole rings is 1. The number of hydrogen-bond acceptors (Lipinski definition) is 7. The zero-order chi connectivity index (χ0) is 31.8. The number of aromatic nitrogens is 3. The number of carbonyl (C=O) groups is 2. The van der Waals surface area contributed by atoms with Crippen LogP contribution in [0.1, 0.15) is 23.0 Å². The van der Waals surface area contributed by atoms with Crippen LogP contribution in [0.15, 0.2) is 71.8 Å². The number of benzene rings is 2. The lowest BCUT2D eigenvalue weighted by molar-refractivity contribution is -0.142. The maximum atomic E-state index is 15.2. The molecule has 6 rings (SSSR count). The Bertz CT molecular complexity index is 1980. The second kappa shape index (κ2) is 12.1. The first kappa shape index (κ1) is 29.9. The molecule has 0 radical (unpaired) electrons. The first-order valence-electron chi connectivity index (χ1n) is 14.4. The predicted octanol–water partition coefficient (Wildman–Crippen LogP) is 3.87. The van der Waals surface area contributed by atoms with Crippen molar-refractivity contribution < 1.29 is 27.8 Å². The van der Waals surface area contributed by atoms with Crippen molar-refractivity contribution in [1.29, 1.82) is 0 Å². The van der Waals surface area contributed by atoms with Crippen LogP contribution < -0.4 is 15.8 Å². The molecule has 1 N–H and O–H groups in total. The molecule has 4 heterocycles. The number of aryl methyl sites for hydroxylation is 1. The number of halogens is 2. The number of rotatable bonds is 7. The Balaban J connectivity index is 1.30. The van der Waals surface area contributed by atoms with Gasteiger partial charge in [-0.25, -0.2) is 18.6 Å². The summed E-state index contributed by atoms with van der Waals surface area (Å²) in [7, 11) is 2.86. The Morgan fingerprint density at radius 3 is 2.60 bits per heavy atom. The monoisotopic (exact) mass is 615 g/mol. The van der Waals surface area contributed by atoms with E-state index in [0.29, 0.717) is 47.9 Å². The zero-order valence-corrected chi connectivity index (χ0v) is 24.9. The number of pyridine rings is 2. The number of fused-ring (bicyclic) bond motifs is 2. The van der Waals surface area contributed by atoms with Crippen LogP contribution in [0.3, 0.4) is 0 Å². The SMILES string of the molecule is COC(=O)[C@H](Cc1ccc(-c2cc3ccccc3n(C)c2=O)c2nccn12)NC(=O)c1c(F)cc(N2CCOC[C@H]2C)cc1F. The van der Waals surface area contributed by atoms with E-state index in [1.165, 1.54) is 0 Å². The Morgan fingerprint density at radius 2 is 1.87 bits per heavy atom. The summed E-state index contributed by atoms with van der Waals surface area (Å²) in [5, 5.41) is 3.33. The van der Waals surface area contributed by atoms with E-state index in [2.05, 4.69) is 10.3 Å². The number of amides is 1. The Hall–Kier alpha value is -5.10. The molecule has 2 aromatic carbocycles. The van der Waals surface area contributed by atoms with Gasteiger partial charge in [-0.05, 0) is 48.7 Å². The predicted molar refractivity (Wildman–Crippen MR) is 164 cm³/mol. The summed E-state index contributed by atoms with van der Waals surface area (Å²) >= 11 is 0. The Morgan fingerprint density at radius 1 is 1.11 bits per heavy atom. The minimum Gasteiger partial charge on any atom is -0.467 e. The van der Waals surface area contributed by atoms with Crippen molar-refractivity contribution in [3.8, 4) is 11.1 Å². The summed E-state index contributed by atoms with van der Waals surface area (Å²) < 4.78 is 44.0. The van der Waals surface area contributed by atoms with Gasteiger partial charge in [0.05, 0.1) is 31.4 Å². The molecular weight excluding hydrogens is 584 g/mol. The lowest BCUT2D eigenvalue weighted by Crippen LogP contribution is -2.44. The van der Waals surface area contributed by atoms with Crippen LogP contribution >= 0.6 is 0 Å². The van der Waals surface area contributed by atoms with E-state index in [1.807, 2.05) is 42.2 Å². The van der Waals surface area contributed by atoms with Gasteiger partial charge in [-0.2, -0.15) is 0 Å². The molecule has 0 aliphatic carbocycles. The van der Waals surface area contributed by atoms with E-state index in [1.54, 1.807) is 40.5 Å². The van der Waals surface area contributed by atoms with Gasteiger partial charge in [0.25, 0.3) is 11.5 Å². The number of esters is 1. The van der Waals surface area contributed by atoms with E-state index >= 15 is 8.78 Å². The van der Waals surface area contributed by atoms with Crippen molar-refractivity contribution in [3.63, 3.8) is 0 Å². The topological polar surface area (TPSA) is 107 Å². The molecule has 0 bridgehead atoms. The fraction of sp³-hybridized carbons (Fsp3) is 0.273. The molecule has 0 spiro atoms. The normalized spacial score (nSPS) is 15.8. The molecule has 3 aromatic heterocycles. The molecule has 1 saturated heterocycles. The van der Waals surface area contributed by atoms with E-state index in [4.69, 9.17) is 9.47 Å². The molecule has 0 unspecified atom stereocenters. The summed E-state index contributed by atoms with van der Waals surface area (Å²) in [6.07, 6.45) is 3.13. The summed E-state index contributed by atoms with van der Waals surface area (Å²) in [6, 6.07) is 13.6. The van der Waals surface area contributed by atoms with Crippen molar-refractivity contribution in [1.82, 2.24) is 19.3 Å². The minimum atomic E-state index is -1.29. The molecule has 1 aliphatic heterocycles. The largest absolute Gasteiger partial charge is 0.467 e. The van der Waals surface area contributed by atoms with Gasteiger partial charge in [0, 0.05) is 55.4 Å². The van der Waals surface area contributed by atoms with Gasteiger partial charge >= 0.3 is 5.97 Å². The lowest BCUT2D eigenvalue weighted by atomic mass is 10.0. The van der Waals surface area contributed by atoms with Crippen LogP contribution in [-0.2, 0) is 27.7 Å². The number of hydrogen-bond donors (Lipinski definition) is 1.